The lowest BCUT2D eigenvalue weighted by Crippen LogP contribution is -2.11. The summed E-state index contributed by atoms with van der Waals surface area (Å²) in [7, 11) is 1.60. The monoisotopic (exact) mass is 294 g/mol. The van der Waals surface area contributed by atoms with Crippen LogP contribution in [0.2, 0.25) is 0 Å². The molecule has 1 aromatic carbocycles. The van der Waals surface area contributed by atoms with Crippen LogP contribution >= 0.6 is 0 Å². The van der Waals surface area contributed by atoms with Crippen LogP contribution in [0.15, 0.2) is 34.5 Å². The Bertz CT molecular complexity index is 445. The number of hydrogen-bond donors (Lipinski definition) is 1. The van der Waals surface area contributed by atoms with Gasteiger partial charge in [0.05, 0.1) is 25.4 Å². The van der Waals surface area contributed by atoms with Gasteiger partial charge < -0.3 is 14.6 Å². The maximum Gasteiger partial charge on any atom is 0.305 e. The second-order valence-corrected chi connectivity index (χ2v) is 4.42. The number of hydrogen-bond acceptors (Lipinski definition) is 6. The van der Waals surface area contributed by atoms with Gasteiger partial charge in [0.15, 0.2) is 0 Å². The summed E-state index contributed by atoms with van der Waals surface area (Å²) in [5.41, 5.74) is 0.704. The summed E-state index contributed by atoms with van der Waals surface area (Å²) in [6, 6.07) is 7.00. The number of carbonyl (C=O) groups is 1. The summed E-state index contributed by atoms with van der Waals surface area (Å²) in [5.74, 6) is 0.503. The molecule has 0 aliphatic carbocycles. The minimum Gasteiger partial charge on any atom is -0.497 e. The van der Waals surface area contributed by atoms with E-state index in [1.165, 1.54) is 0 Å². The molecule has 0 saturated heterocycles. The lowest BCUT2D eigenvalue weighted by atomic mass is 10.1. The molecule has 1 aromatic rings. The molecule has 0 radical (unpaired) electrons. The van der Waals surface area contributed by atoms with E-state index in [9.17, 15) is 4.79 Å². The Morgan fingerprint density at radius 2 is 2.00 bits per heavy atom. The molecule has 0 heterocycles. The Morgan fingerprint density at radius 1 is 1.29 bits per heavy atom. The van der Waals surface area contributed by atoms with Crippen molar-refractivity contribution in [2.45, 2.75) is 32.2 Å². The maximum atomic E-state index is 11.3. The summed E-state index contributed by atoms with van der Waals surface area (Å²) in [4.78, 5) is 11.3. The van der Waals surface area contributed by atoms with Gasteiger partial charge >= 0.3 is 5.97 Å². The number of benzene rings is 1. The van der Waals surface area contributed by atoms with Crippen LogP contribution in [-0.2, 0) is 9.53 Å². The van der Waals surface area contributed by atoms with Gasteiger partial charge in [0.25, 0.3) is 0 Å². The summed E-state index contributed by atoms with van der Waals surface area (Å²) < 4.78 is 9.94. The van der Waals surface area contributed by atoms with Crippen molar-refractivity contribution in [3.63, 3.8) is 0 Å². The van der Waals surface area contributed by atoms with E-state index in [0.717, 1.165) is 5.75 Å². The molecule has 0 aliphatic heterocycles. The highest BCUT2D eigenvalue weighted by Gasteiger charge is 2.10. The van der Waals surface area contributed by atoms with Gasteiger partial charge in [-0.1, -0.05) is 0 Å². The first-order valence-electron chi connectivity index (χ1n) is 7.01. The third kappa shape index (κ3) is 6.85. The zero-order valence-corrected chi connectivity index (χ0v) is 12.5. The zero-order valence-electron chi connectivity index (χ0n) is 12.5. The van der Waals surface area contributed by atoms with Crippen LogP contribution in [0.5, 0.6) is 5.75 Å². The number of rotatable bonds is 9. The third-order valence-electron chi connectivity index (χ3n) is 2.86. The fraction of sp³-hybridized carbons (Fsp3) is 0.533. The van der Waals surface area contributed by atoms with Gasteiger partial charge in [-0.3, -0.25) is 4.79 Å². The highest BCUT2D eigenvalue weighted by atomic mass is 16.5. The van der Waals surface area contributed by atoms with Gasteiger partial charge in [-0.25, -0.2) is 0 Å². The van der Waals surface area contributed by atoms with E-state index in [4.69, 9.17) is 14.6 Å². The largest absolute Gasteiger partial charge is 0.497 e. The van der Waals surface area contributed by atoms with Crippen molar-refractivity contribution < 1.29 is 19.4 Å². The number of nitrogens with zero attached hydrogens (tertiary/aromatic N) is 2. The molecule has 0 spiro atoms. The SMILES string of the molecule is CCOC(=O)CCC(CCO)N=Nc1ccc(OC)cc1. The van der Waals surface area contributed by atoms with Crippen LogP contribution in [0.25, 0.3) is 0 Å². The number of esters is 1. The molecular formula is C15H22N2O4. The number of ether oxygens (including phenoxy) is 2. The molecule has 116 valence electrons. The number of aliphatic hydroxyl groups excluding tert-OH is 1. The minimum absolute atomic E-state index is 0.00905. The van der Waals surface area contributed by atoms with Crippen LogP contribution in [-0.4, -0.2) is 37.4 Å². The summed E-state index contributed by atoms with van der Waals surface area (Å²) >= 11 is 0. The van der Waals surface area contributed by atoms with Crippen LogP contribution in [0.3, 0.4) is 0 Å². The van der Waals surface area contributed by atoms with Crippen molar-refractivity contribution in [1.29, 1.82) is 0 Å². The van der Waals surface area contributed by atoms with Crippen LogP contribution in [0, 0.1) is 0 Å². The Morgan fingerprint density at radius 3 is 2.57 bits per heavy atom. The Balaban J connectivity index is 2.55. The minimum atomic E-state index is -0.250. The van der Waals surface area contributed by atoms with Crippen molar-refractivity contribution in [3.05, 3.63) is 24.3 Å². The quantitative estimate of drug-likeness (QED) is 0.561. The lowest BCUT2D eigenvalue weighted by Gasteiger charge is -2.09. The first-order chi connectivity index (χ1) is 10.2. The van der Waals surface area contributed by atoms with Crippen molar-refractivity contribution in [3.8, 4) is 5.75 Å². The standard InChI is InChI=1S/C15H22N2O4/c1-3-21-15(19)9-6-13(10-11-18)17-16-12-4-7-14(20-2)8-5-12/h4-5,7-8,13,18H,3,6,9-11H2,1-2H3. The molecule has 1 atom stereocenters. The van der Waals surface area contributed by atoms with Crippen molar-refractivity contribution >= 4 is 11.7 Å². The summed E-state index contributed by atoms with van der Waals surface area (Å²) in [6.45, 7) is 2.15. The van der Waals surface area contributed by atoms with E-state index >= 15 is 0 Å². The molecule has 0 bridgehead atoms. The van der Waals surface area contributed by atoms with Gasteiger partial charge in [0.1, 0.15) is 5.75 Å². The molecule has 0 aromatic heterocycles. The predicted octanol–water partition coefficient (Wildman–Crippen LogP) is 2.87. The normalized spacial score (nSPS) is 12.3. The first kappa shape index (κ1) is 17.1. The van der Waals surface area contributed by atoms with Crippen molar-refractivity contribution in [2.75, 3.05) is 20.3 Å². The van der Waals surface area contributed by atoms with E-state index in [2.05, 4.69) is 10.2 Å². The number of carbonyl (C=O) groups excluding carboxylic acids is 1. The second-order valence-electron chi connectivity index (χ2n) is 4.42. The van der Waals surface area contributed by atoms with Gasteiger partial charge in [-0.05, 0) is 44.0 Å². The van der Waals surface area contributed by atoms with E-state index in [-0.39, 0.29) is 25.0 Å². The first-order valence-corrected chi connectivity index (χ1v) is 7.01. The van der Waals surface area contributed by atoms with Crippen molar-refractivity contribution in [2.24, 2.45) is 10.2 Å². The Hall–Kier alpha value is -1.95. The highest BCUT2D eigenvalue weighted by Crippen LogP contribution is 2.19. The number of aliphatic hydroxyl groups is 1. The smallest absolute Gasteiger partial charge is 0.305 e. The molecule has 6 nitrogen and oxygen atoms in total. The Labute approximate surface area is 124 Å². The summed E-state index contributed by atoms with van der Waals surface area (Å²) in [6.07, 6.45) is 1.26. The number of methoxy groups -OCH3 is 1. The topological polar surface area (TPSA) is 80.5 Å². The third-order valence-corrected chi connectivity index (χ3v) is 2.86. The Kier molecular flexibility index (Phi) is 8.04. The highest BCUT2D eigenvalue weighted by molar-refractivity contribution is 5.69. The molecule has 6 heteroatoms. The second kappa shape index (κ2) is 9.88. The van der Waals surface area contributed by atoms with Crippen LogP contribution < -0.4 is 4.74 Å². The van der Waals surface area contributed by atoms with E-state index < -0.39 is 0 Å². The van der Waals surface area contributed by atoms with E-state index in [1.54, 1.807) is 38.3 Å². The van der Waals surface area contributed by atoms with E-state index in [1.807, 2.05) is 0 Å². The van der Waals surface area contributed by atoms with Crippen LogP contribution in [0.1, 0.15) is 26.2 Å². The van der Waals surface area contributed by atoms with Gasteiger partial charge in [0.2, 0.25) is 0 Å². The average molecular weight is 294 g/mol. The van der Waals surface area contributed by atoms with Gasteiger partial charge in [-0.2, -0.15) is 10.2 Å². The van der Waals surface area contributed by atoms with Gasteiger partial charge in [0, 0.05) is 13.0 Å². The lowest BCUT2D eigenvalue weighted by molar-refractivity contribution is -0.143. The molecule has 1 unspecified atom stereocenters. The zero-order chi connectivity index (χ0) is 15.5. The molecule has 0 aliphatic rings. The fourth-order valence-corrected chi connectivity index (χ4v) is 1.72. The van der Waals surface area contributed by atoms with E-state index in [0.29, 0.717) is 25.1 Å². The molecule has 0 saturated carbocycles. The van der Waals surface area contributed by atoms with Gasteiger partial charge in [-0.15, -0.1) is 0 Å². The summed E-state index contributed by atoms with van der Waals surface area (Å²) in [5, 5.41) is 17.4. The molecule has 0 amide bonds. The molecular weight excluding hydrogens is 272 g/mol. The fourth-order valence-electron chi connectivity index (χ4n) is 1.72. The average Bonchev–Trinajstić information content (AvgIpc) is 2.51. The van der Waals surface area contributed by atoms with Crippen molar-refractivity contribution in [1.82, 2.24) is 0 Å². The predicted molar refractivity (Wildman–Crippen MR) is 78.9 cm³/mol. The maximum absolute atomic E-state index is 11.3. The number of azo groups is 1. The van der Waals surface area contributed by atoms with Crippen LogP contribution in [0.4, 0.5) is 5.69 Å². The molecule has 1 rings (SSSR count). The molecule has 1 N–H and O–H groups in total. The molecule has 21 heavy (non-hydrogen) atoms. The molecule has 0 fully saturated rings.